The second-order valence-corrected chi connectivity index (χ2v) is 21.7. The second-order valence-electron chi connectivity index (χ2n) is 18.5. The van der Waals surface area contributed by atoms with E-state index >= 15 is 0 Å². The maximum Gasteiger partial charge on any atom is 0.334 e. The van der Waals surface area contributed by atoms with Crippen LogP contribution in [0.5, 0.6) is 11.5 Å². The number of aryl methyl sites for hydroxylation is 2. The summed E-state index contributed by atoms with van der Waals surface area (Å²) in [5.41, 5.74) is 3.74. The van der Waals surface area contributed by atoms with Crippen molar-refractivity contribution in [3.05, 3.63) is 235 Å². The summed E-state index contributed by atoms with van der Waals surface area (Å²) in [4.78, 5) is 59.8. The van der Waals surface area contributed by atoms with Gasteiger partial charge in [0.05, 0.1) is 22.9 Å². The summed E-state index contributed by atoms with van der Waals surface area (Å²) in [6.45, 7) is 5.53. The third kappa shape index (κ3) is 16.5. The monoisotopic (exact) mass is 1160 g/mol. The smallest absolute Gasteiger partial charge is 0.334 e. The first-order chi connectivity index (χ1) is 38.8. The van der Waals surface area contributed by atoms with Crippen molar-refractivity contribution in [2.24, 2.45) is 0 Å². The zero-order valence-electron chi connectivity index (χ0n) is 44.0. The Hall–Kier alpha value is -7.64. The number of halogens is 2. The van der Waals surface area contributed by atoms with Gasteiger partial charge < -0.3 is 38.5 Å². The Labute approximate surface area is 483 Å². The molecule has 80 heavy (non-hydrogen) atoms. The predicted molar refractivity (Wildman–Crippen MR) is 312 cm³/mol. The van der Waals surface area contributed by atoms with Gasteiger partial charge in [-0.15, -0.1) is 23.5 Å². The highest BCUT2D eigenvalue weighted by atomic mass is 35.5. The number of esters is 2. The molecule has 0 spiro atoms. The van der Waals surface area contributed by atoms with Crippen LogP contribution in [0, 0.1) is 20.2 Å². The molecule has 2 aliphatic heterocycles. The number of ether oxygens (including phenoxy) is 4. The van der Waals surface area contributed by atoms with Gasteiger partial charge in [0.15, 0.2) is 0 Å². The number of hydrogen-bond acceptors (Lipinski definition) is 16. The fourth-order valence-electron chi connectivity index (χ4n) is 9.06. The molecule has 0 bridgehead atoms. The van der Waals surface area contributed by atoms with Crippen molar-refractivity contribution < 1.29 is 38.4 Å². The van der Waals surface area contributed by atoms with Gasteiger partial charge in [-0.25, -0.2) is 9.59 Å². The van der Waals surface area contributed by atoms with Crippen LogP contribution in [0.25, 0.3) is 0 Å². The molecule has 6 aromatic carbocycles. The molecule has 6 aromatic rings. The molecule has 416 valence electrons. The molecule has 4 unspecified atom stereocenters. The summed E-state index contributed by atoms with van der Waals surface area (Å²) in [6.07, 6.45) is 9.25. The molecule has 0 N–H and O–H groups in total. The number of rotatable bonds is 28. The third-order valence-corrected chi connectivity index (χ3v) is 15.8. The number of benzene rings is 6. The van der Waals surface area contributed by atoms with Gasteiger partial charge in [-0.05, 0) is 132 Å². The molecule has 4 atom stereocenters. The highest BCUT2D eigenvalue weighted by Gasteiger charge is 2.35. The van der Waals surface area contributed by atoms with Gasteiger partial charge in [-0.3, -0.25) is 20.2 Å². The molecule has 0 amide bonds. The number of nitrogens with zero attached hydrogens (tertiary/aromatic N) is 6. The minimum atomic E-state index is -0.949. The Kier molecular flexibility index (Phi) is 21.2. The first kappa shape index (κ1) is 58.5. The lowest BCUT2D eigenvalue weighted by molar-refractivity contribution is -0.385. The quantitative estimate of drug-likeness (QED) is 0.0113. The molecular formula is C60H60Cl2N6O10S2. The van der Waals surface area contributed by atoms with Crippen LogP contribution in [0.1, 0.15) is 61.2 Å². The summed E-state index contributed by atoms with van der Waals surface area (Å²) in [5, 5.41) is 24.3. The number of nitro groups is 2. The van der Waals surface area contributed by atoms with E-state index < -0.39 is 46.7 Å². The molecule has 2 heterocycles. The average molecular weight is 1160 g/mol. The molecule has 2 aliphatic rings. The van der Waals surface area contributed by atoms with Gasteiger partial charge in [0.25, 0.3) is 24.1 Å². The number of non-ortho nitro benzene ring substituents is 2. The van der Waals surface area contributed by atoms with Crippen molar-refractivity contribution in [1.82, 2.24) is 19.6 Å². The van der Waals surface area contributed by atoms with E-state index in [4.69, 9.17) is 42.1 Å². The standard InChI is InChI=1S/C60H60Cl2N6O10S2/c1-3-43-11-5-7-13-53(43)55(75-49-23-19-47(20-24-49)67(71)72)41-65-37-35-63(33-9-39-79-51-27-15-45(61)16-28-51)59(65)77-57(69)31-32-58(70)78-60-64(34-10-40-80-52-29-17-46(62)18-30-52)36-38-66(60)42-56(54-14-8-6-12-44(54)4-2)76-50-25-21-48(22-26-50)68(73)74/h5-8,11-32,35-38,55-56,59-60H,3-4,9-10,33-34,39-42H2,1-2H3/b32-31-. The van der Waals surface area contributed by atoms with Crippen molar-refractivity contribution in [2.45, 2.75) is 74.2 Å². The molecule has 0 saturated carbocycles. The van der Waals surface area contributed by atoms with Crippen LogP contribution in [0.4, 0.5) is 11.4 Å². The molecule has 20 heteroatoms. The van der Waals surface area contributed by atoms with Crippen molar-refractivity contribution >= 4 is 70.0 Å². The maximum atomic E-state index is 14.0. The van der Waals surface area contributed by atoms with Crippen molar-refractivity contribution in [1.29, 1.82) is 0 Å². The molecule has 0 radical (unpaired) electrons. The molecule has 0 aromatic heterocycles. The number of carbonyl (C=O) groups is 2. The van der Waals surface area contributed by atoms with Gasteiger partial charge in [0, 0.05) is 94.1 Å². The SMILES string of the molecule is CCc1ccccc1C(CN1C=CN(CCCSc2ccc(Cl)cc2)C1OC(=O)/C=C\C(=O)OC1N(CCCSc2ccc(Cl)cc2)C=CN1CC(Oc1ccc([N+](=O)[O-])cc1)c1ccccc1CC)Oc1ccc([N+](=O)[O-])cc1. The first-order valence-electron chi connectivity index (χ1n) is 26.1. The van der Waals surface area contributed by atoms with Gasteiger partial charge in [0.2, 0.25) is 0 Å². The Balaban J connectivity index is 1.00. The van der Waals surface area contributed by atoms with Gasteiger partial charge in [0.1, 0.15) is 23.7 Å². The van der Waals surface area contributed by atoms with Gasteiger partial charge >= 0.3 is 11.9 Å². The topological polar surface area (TPSA) is 170 Å². The lowest BCUT2D eigenvalue weighted by Crippen LogP contribution is -2.45. The van der Waals surface area contributed by atoms with Crippen LogP contribution in [-0.4, -0.2) is 91.8 Å². The molecule has 16 nitrogen and oxygen atoms in total. The molecular weight excluding hydrogens is 1100 g/mol. The predicted octanol–water partition coefficient (Wildman–Crippen LogP) is 13.6. The van der Waals surface area contributed by atoms with Crippen LogP contribution in [0.15, 0.2) is 192 Å². The summed E-state index contributed by atoms with van der Waals surface area (Å²) in [6, 6.07) is 42.9. The highest BCUT2D eigenvalue weighted by Crippen LogP contribution is 2.33. The van der Waals surface area contributed by atoms with E-state index in [0.29, 0.717) is 47.5 Å². The lowest BCUT2D eigenvalue weighted by atomic mass is 10.00. The van der Waals surface area contributed by atoms with E-state index in [9.17, 15) is 29.8 Å². The van der Waals surface area contributed by atoms with E-state index in [2.05, 4.69) is 0 Å². The van der Waals surface area contributed by atoms with Gasteiger partial charge in [-0.1, -0.05) is 85.6 Å². The number of carbonyl (C=O) groups excluding carboxylic acids is 2. The minimum absolute atomic E-state index is 0.0669. The fraction of sp³-hybridized carbons (Fsp3) is 0.267. The average Bonchev–Trinajstić information content (AvgIpc) is 4.06. The van der Waals surface area contributed by atoms with Gasteiger partial charge in [-0.2, -0.15) is 0 Å². The lowest BCUT2D eigenvalue weighted by Gasteiger charge is -2.34. The van der Waals surface area contributed by atoms with E-state index in [1.165, 1.54) is 24.3 Å². The van der Waals surface area contributed by atoms with Crippen LogP contribution in [0.3, 0.4) is 0 Å². The largest absolute Gasteiger partial charge is 0.484 e. The normalized spacial score (nSPS) is 15.6. The van der Waals surface area contributed by atoms with E-state index in [1.54, 1.807) is 47.8 Å². The maximum absolute atomic E-state index is 14.0. The van der Waals surface area contributed by atoms with E-state index in [-0.39, 0.29) is 24.5 Å². The van der Waals surface area contributed by atoms with Crippen LogP contribution >= 0.6 is 46.7 Å². The van der Waals surface area contributed by atoms with Crippen LogP contribution < -0.4 is 9.47 Å². The van der Waals surface area contributed by atoms with E-state index in [0.717, 1.165) is 68.5 Å². The summed E-state index contributed by atoms with van der Waals surface area (Å²) in [5.74, 6) is 0.764. The van der Waals surface area contributed by atoms with Crippen LogP contribution in [-0.2, 0) is 31.9 Å². The van der Waals surface area contributed by atoms with Crippen molar-refractivity contribution in [3.63, 3.8) is 0 Å². The third-order valence-electron chi connectivity index (χ3n) is 13.1. The summed E-state index contributed by atoms with van der Waals surface area (Å²) in [7, 11) is 0. The second kappa shape index (κ2) is 29.0. The Morgan fingerprint density at radius 1 is 0.537 bits per heavy atom. The first-order valence-corrected chi connectivity index (χ1v) is 28.8. The number of thioether (sulfide) groups is 2. The van der Waals surface area contributed by atoms with Crippen molar-refractivity contribution in [2.75, 3.05) is 37.7 Å². The highest BCUT2D eigenvalue weighted by molar-refractivity contribution is 7.99. The van der Waals surface area contributed by atoms with Crippen LogP contribution in [0.2, 0.25) is 10.0 Å². The minimum Gasteiger partial charge on any atom is -0.484 e. The molecule has 0 aliphatic carbocycles. The number of nitro benzene ring substituents is 2. The fourth-order valence-corrected chi connectivity index (χ4v) is 11.0. The number of hydrogen-bond donors (Lipinski definition) is 0. The molecule has 0 fully saturated rings. The molecule has 8 rings (SSSR count). The Morgan fingerprint density at radius 3 is 1.26 bits per heavy atom. The molecule has 0 saturated heterocycles. The Bertz CT molecular complexity index is 2930. The zero-order chi connectivity index (χ0) is 56.4. The zero-order valence-corrected chi connectivity index (χ0v) is 47.2. The van der Waals surface area contributed by atoms with Crippen molar-refractivity contribution in [3.8, 4) is 11.5 Å². The Morgan fingerprint density at radius 2 is 0.900 bits per heavy atom. The summed E-state index contributed by atoms with van der Waals surface area (Å²) >= 11 is 15.6. The summed E-state index contributed by atoms with van der Waals surface area (Å²) < 4.78 is 25.7. The van der Waals surface area contributed by atoms with E-state index in [1.807, 2.05) is 155 Å².